The number of nitrogens with zero attached hydrogens (tertiary/aromatic N) is 2. The quantitative estimate of drug-likeness (QED) is 0.469. The van der Waals surface area contributed by atoms with Gasteiger partial charge in [0.1, 0.15) is 11.4 Å². The number of rotatable bonds is 6. The molecule has 0 aromatic heterocycles. The van der Waals surface area contributed by atoms with E-state index in [2.05, 4.69) is 10.2 Å². The monoisotopic (exact) mass is 509 g/mol. The Hall–Kier alpha value is -3.50. The first-order chi connectivity index (χ1) is 17.5. The van der Waals surface area contributed by atoms with Gasteiger partial charge in [0.05, 0.1) is 18.9 Å². The summed E-state index contributed by atoms with van der Waals surface area (Å²) < 4.78 is 17.1. The highest BCUT2D eigenvalue weighted by molar-refractivity contribution is 8.00. The first kappa shape index (κ1) is 24.2. The molecule has 0 saturated carbocycles. The molecule has 36 heavy (non-hydrogen) atoms. The molecular weight excluding hydrogens is 482 g/mol. The van der Waals surface area contributed by atoms with E-state index >= 15 is 0 Å². The minimum absolute atomic E-state index is 0.164. The lowest BCUT2D eigenvalue weighted by atomic mass is 10.0. The second-order valence-electron chi connectivity index (χ2n) is 8.61. The predicted molar refractivity (Wildman–Crippen MR) is 132 cm³/mol. The molecule has 2 aromatic carbocycles. The second kappa shape index (κ2) is 10.6. The summed E-state index contributed by atoms with van der Waals surface area (Å²) in [5, 5.41) is 2.34. The zero-order chi connectivity index (χ0) is 25.1. The van der Waals surface area contributed by atoms with Crippen LogP contribution in [0.15, 0.2) is 72.2 Å². The topological polar surface area (TPSA) is 97.4 Å². The van der Waals surface area contributed by atoms with Gasteiger partial charge in [-0.25, -0.2) is 4.79 Å². The molecule has 2 saturated heterocycles. The molecule has 2 aromatic rings. The number of carbonyl (C=O) groups excluding carboxylic acids is 3. The van der Waals surface area contributed by atoms with Gasteiger partial charge in [0.15, 0.2) is 6.10 Å². The highest BCUT2D eigenvalue weighted by Crippen LogP contribution is 2.42. The average molecular weight is 510 g/mol. The van der Waals surface area contributed by atoms with Crippen molar-refractivity contribution >= 4 is 29.7 Å². The molecule has 3 heterocycles. The van der Waals surface area contributed by atoms with Crippen molar-refractivity contribution in [3.05, 3.63) is 83.4 Å². The Morgan fingerprint density at radius 1 is 1.03 bits per heavy atom. The number of morpholine rings is 1. The van der Waals surface area contributed by atoms with Crippen LogP contribution in [-0.2, 0) is 23.8 Å². The molecule has 0 bridgehead atoms. The first-order valence-electron chi connectivity index (χ1n) is 11.8. The van der Waals surface area contributed by atoms with Crippen molar-refractivity contribution in [2.75, 3.05) is 32.1 Å². The number of nitrogens with one attached hydrogen (secondary N) is 1. The third-order valence-corrected chi connectivity index (χ3v) is 7.51. The van der Waals surface area contributed by atoms with Crippen molar-refractivity contribution in [3.63, 3.8) is 0 Å². The van der Waals surface area contributed by atoms with Crippen LogP contribution in [0.2, 0.25) is 0 Å². The van der Waals surface area contributed by atoms with Crippen LogP contribution >= 0.6 is 11.8 Å². The predicted octanol–water partition coefficient (Wildman–Crippen LogP) is 2.85. The average Bonchev–Trinajstić information content (AvgIpc) is 2.91. The number of hydrogen-bond acceptors (Lipinski definition) is 8. The van der Waals surface area contributed by atoms with Crippen molar-refractivity contribution in [3.8, 4) is 0 Å². The zero-order valence-electron chi connectivity index (χ0n) is 19.8. The van der Waals surface area contributed by atoms with Crippen LogP contribution in [0.3, 0.4) is 0 Å². The molecule has 0 spiro atoms. The van der Waals surface area contributed by atoms with Gasteiger partial charge in [-0.15, -0.1) is 11.8 Å². The fraction of sp³-hybridized carbons (Fsp3) is 0.346. The number of hydrogen-bond donors (Lipinski definition) is 1. The zero-order valence-corrected chi connectivity index (χ0v) is 20.6. The fourth-order valence-corrected chi connectivity index (χ4v) is 5.88. The third-order valence-electron chi connectivity index (χ3n) is 6.25. The molecule has 0 aliphatic carbocycles. The van der Waals surface area contributed by atoms with Crippen molar-refractivity contribution in [2.45, 2.75) is 24.4 Å². The molecule has 5 rings (SSSR count). The molecule has 2 fully saturated rings. The molecule has 3 aliphatic heterocycles. The summed E-state index contributed by atoms with van der Waals surface area (Å²) >= 11 is 1.52. The van der Waals surface area contributed by atoms with Crippen LogP contribution in [0.25, 0.3) is 0 Å². The van der Waals surface area contributed by atoms with Gasteiger partial charge < -0.3 is 24.4 Å². The lowest BCUT2D eigenvalue weighted by Gasteiger charge is -2.50. The maximum absolute atomic E-state index is 13.2. The summed E-state index contributed by atoms with van der Waals surface area (Å²) in [5.74, 6) is 0.0799. The van der Waals surface area contributed by atoms with Gasteiger partial charge in [-0.1, -0.05) is 60.7 Å². The fourth-order valence-electron chi connectivity index (χ4n) is 4.52. The van der Waals surface area contributed by atoms with Gasteiger partial charge >= 0.3 is 6.16 Å². The summed E-state index contributed by atoms with van der Waals surface area (Å²) in [7, 11) is 0. The van der Waals surface area contributed by atoms with Crippen LogP contribution in [0.4, 0.5) is 4.79 Å². The van der Waals surface area contributed by atoms with E-state index < -0.39 is 18.3 Å². The highest BCUT2D eigenvalue weighted by atomic mass is 32.2. The lowest BCUT2D eigenvalue weighted by Crippen LogP contribution is -2.70. The molecule has 1 unspecified atom stereocenters. The van der Waals surface area contributed by atoms with Crippen LogP contribution < -0.4 is 5.32 Å². The lowest BCUT2D eigenvalue weighted by molar-refractivity contribution is -0.149. The van der Waals surface area contributed by atoms with E-state index in [1.807, 2.05) is 60.7 Å². The first-order valence-corrected chi connectivity index (χ1v) is 12.8. The van der Waals surface area contributed by atoms with E-state index in [4.69, 9.17) is 14.2 Å². The molecule has 0 radical (unpaired) electrons. The van der Waals surface area contributed by atoms with Crippen LogP contribution in [0.1, 0.15) is 24.2 Å². The van der Waals surface area contributed by atoms with Crippen molar-refractivity contribution in [1.82, 2.24) is 15.1 Å². The molecular formula is C26H27N3O6S. The molecule has 10 heteroatoms. The number of ether oxygens (including phenoxy) is 3. The standard InChI is InChI=1S/C26H27N3O6S/c1-17(30)27-21-23(31)29-24(20(16-36-25(21)29)28-12-14-33-15-13-28)35-26(32)34-22(18-8-4-2-5-9-18)19-10-6-3-7-11-19/h2-11,21-22,25H,12-16H2,1H3,(H,27,30)/t21?,25-/m0/s1. The van der Waals surface area contributed by atoms with E-state index in [-0.39, 0.29) is 23.1 Å². The number of β-lactam (4-membered cyclic amide) rings is 1. The number of benzene rings is 2. The van der Waals surface area contributed by atoms with E-state index in [9.17, 15) is 14.4 Å². The number of amides is 2. The number of carbonyl (C=O) groups is 3. The van der Waals surface area contributed by atoms with Crippen molar-refractivity contribution in [2.24, 2.45) is 0 Å². The third kappa shape index (κ3) is 4.91. The Labute approximate surface area is 213 Å². The second-order valence-corrected chi connectivity index (χ2v) is 9.72. The Morgan fingerprint density at radius 2 is 1.64 bits per heavy atom. The summed E-state index contributed by atoms with van der Waals surface area (Å²) in [4.78, 5) is 41.3. The van der Waals surface area contributed by atoms with Gasteiger partial charge in [-0.05, 0) is 11.1 Å². The van der Waals surface area contributed by atoms with Gasteiger partial charge in [-0.2, -0.15) is 0 Å². The van der Waals surface area contributed by atoms with E-state index in [1.54, 1.807) is 0 Å². The SMILES string of the molecule is CC(=O)NC1C(=O)N2C(OC(=O)OC(c3ccccc3)c3ccccc3)=C(N3CCOCC3)CS[C@@H]12. The van der Waals surface area contributed by atoms with Gasteiger partial charge in [0.2, 0.25) is 11.8 Å². The van der Waals surface area contributed by atoms with E-state index in [1.165, 1.54) is 23.6 Å². The van der Waals surface area contributed by atoms with Crippen LogP contribution in [0.5, 0.6) is 0 Å². The number of thioether (sulfide) groups is 1. The largest absolute Gasteiger partial charge is 0.516 e. The summed E-state index contributed by atoms with van der Waals surface area (Å²) in [5.41, 5.74) is 2.33. The summed E-state index contributed by atoms with van der Waals surface area (Å²) in [6, 6.07) is 18.2. The summed E-state index contributed by atoms with van der Waals surface area (Å²) in [6.45, 7) is 3.71. The Balaban J connectivity index is 1.41. The van der Waals surface area contributed by atoms with Gasteiger partial charge in [0, 0.05) is 25.8 Å². The van der Waals surface area contributed by atoms with E-state index in [0.717, 1.165) is 16.8 Å². The molecule has 188 valence electrons. The molecule has 9 nitrogen and oxygen atoms in total. The summed E-state index contributed by atoms with van der Waals surface area (Å²) in [6.07, 6.45) is -1.59. The van der Waals surface area contributed by atoms with Crippen LogP contribution in [0, 0.1) is 0 Å². The normalized spacial score (nSPS) is 21.6. The van der Waals surface area contributed by atoms with Gasteiger partial charge in [-0.3, -0.25) is 14.5 Å². The molecule has 2 atom stereocenters. The maximum atomic E-state index is 13.2. The van der Waals surface area contributed by atoms with E-state index in [0.29, 0.717) is 32.1 Å². The highest BCUT2D eigenvalue weighted by Gasteiger charge is 2.54. The Kier molecular flexibility index (Phi) is 7.15. The number of fused-ring (bicyclic) bond motifs is 1. The van der Waals surface area contributed by atoms with Crippen molar-refractivity contribution in [1.29, 1.82) is 0 Å². The maximum Gasteiger partial charge on any atom is 0.516 e. The Morgan fingerprint density at radius 3 is 2.22 bits per heavy atom. The smallest absolute Gasteiger partial charge is 0.421 e. The minimum Gasteiger partial charge on any atom is -0.421 e. The molecule has 3 aliphatic rings. The Bertz CT molecular complexity index is 1110. The molecule has 1 N–H and O–H groups in total. The molecule has 2 amide bonds. The van der Waals surface area contributed by atoms with Crippen molar-refractivity contribution < 1.29 is 28.6 Å². The van der Waals surface area contributed by atoms with Gasteiger partial charge in [0.25, 0.3) is 5.91 Å². The van der Waals surface area contributed by atoms with Crippen LogP contribution in [-0.4, -0.2) is 71.2 Å². The minimum atomic E-state index is -0.908.